The van der Waals surface area contributed by atoms with Crippen LogP contribution in [0.1, 0.15) is 103 Å². The molecule has 0 radical (unpaired) electrons. The largest absolute Gasteiger partial charge is 0.494 e. The van der Waals surface area contributed by atoms with E-state index in [1.165, 1.54) is 50.4 Å². The predicted octanol–water partition coefficient (Wildman–Crippen LogP) is 7.37. The van der Waals surface area contributed by atoms with Crippen LogP contribution in [0.5, 0.6) is 0 Å². The summed E-state index contributed by atoms with van der Waals surface area (Å²) in [7, 11) is -0.390. The van der Waals surface area contributed by atoms with Gasteiger partial charge in [0.05, 0.1) is 28.3 Å². The molecule has 0 bridgehead atoms. The minimum absolute atomic E-state index is 0.0724. The van der Waals surface area contributed by atoms with Crippen molar-refractivity contribution >= 4 is 29.6 Å². The molecule has 4 heteroatoms. The van der Waals surface area contributed by atoms with Crippen molar-refractivity contribution in [3.8, 4) is 0 Å². The van der Waals surface area contributed by atoms with Crippen LogP contribution in [-0.2, 0) is 25.6 Å². The summed E-state index contributed by atoms with van der Waals surface area (Å²) >= 11 is 0. The highest BCUT2D eigenvalue weighted by atomic mass is 16.7. The Morgan fingerprint density at radius 2 is 0.838 bits per heavy atom. The van der Waals surface area contributed by atoms with Gasteiger partial charge >= 0.3 is 7.12 Å². The van der Waals surface area contributed by atoms with Crippen LogP contribution in [-0.4, -0.2) is 18.3 Å². The second-order valence-corrected chi connectivity index (χ2v) is 14.2. The lowest BCUT2D eigenvalue weighted by atomic mass is 9.59. The fourth-order valence-corrected chi connectivity index (χ4v) is 7.32. The van der Waals surface area contributed by atoms with Gasteiger partial charge in [-0.3, -0.25) is 0 Å². The first-order valence-corrected chi connectivity index (χ1v) is 13.7. The third-order valence-corrected chi connectivity index (χ3v) is 10.4. The second-order valence-electron chi connectivity index (χ2n) is 14.2. The van der Waals surface area contributed by atoms with E-state index in [0.717, 1.165) is 5.46 Å². The molecule has 1 saturated heterocycles. The van der Waals surface area contributed by atoms with Crippen molar-refractivity contribution in [3.63, 3.8) is 0 Å². The minimum Gasteiger partial charge on any atom is -0.399 e. The first-order chi connectivity index (χ1) is 17.1. The van der Waals surface area contributed by atoms with Crippen molar-refractivity contribution in [1.29, 1.82) is 0 Å². The van der Waals surface area contributed by atoms with Crippen molar-refractivity contribution in [2.24, 2.45) is 0 Å². The maximum atomic E-state index is 6.58. The van der Waals surface area contributed by atoms with Gasteiger partial charge in [0.2, 0.25) is 0 Å². The highest BCUT2D eigenvalue weighted by molar-refractivity contribution is 6.62. The topological polar surface area (TPSA) is 21.7 Å². The molecule has 4 aliphatic heterocycles. The van der Waals surface area contributed by atoms with E-state index in [0.29, 0.717) is 0 Å². The van der Waals surface area contributed by atoms with Crippen LogP contribution >= 0.6 is 0 Å². The zero-order chi connectivity index (χ0) is 26.5. The third-order valence-electron chi connectivity index (χ3n) is 10.4. The summed E-state index contributed by atoms with van der Waals surface area (Å²) in [6, 6.07) is 18.6. The summed E-state index contributed by atoms with van der Waals surface area (Å²) in [5, 5.41) is 0. The maximum absolute atomic E-state index is 6.58. The highest BCUT2D eigenvalue weighted by Crippen LogP contribution is 2.65. The molecule has 0 amide bonds. The Morgan fingerprint density at radius 1 is 0.514 bits per heavy atom. The van der Waals surface area contributed by atoms with Crippen LogP contribution in [0.15, 0.2) is 48.5 Å². The van der Waals surface area contributed by atoms with Crippen LogP contribution in [0.3, 0.4) is 0 Å². The lowest BCUT2D eigenvalue weighted by Crippen LogP contribution is -2.45. The maximum Gasteiger partial charge on any atom is 0.494 e. The van der Waals surface area contributed by atoms with Gasteiger partial charge in [0.15, 0.2) is 0 Å². The molecule has 0 aromatic heterocycles. The van der Waals surface area contributed by atoms with Gasteiger partial charge in [-0.2, -0.15) is 0 Å². The highest BCUT2D eigenvalue weighted by Gasteiger charge is 2.55. The van der Waals surface area contributed by atoms with Gasteiger partial charge in [0, 0.05) is 16.2 Å². The molecule has 7 rings (SSSR count). The van der Waals surface area contributed by atoms with E-state index < -0.39 is 0 Å². The third kappa shape index (κ3) is 2.62. The second kappa shape index (κ2) is 6.53. The number of nitrogens with zero attached hydrogens (tertiary/aromatic N) is 1. The minimum atomic E-state index is -0.390. The van der Waals surface area contributed by atoms with E-state index in [-0.39, 0.29) is 34.6 Å². The Morgan fingerprint density at radius 3 is 1.22 bits per heavy atom. The molecule has 0 aliphatic carbocycles. The first kappa shape index (κ1) is 23.6. The van der Waals surface area contributed by atoms with Crippen LogP contribution in [0.4, 0.5) is 17.1 Å². The molecule has 37 heavy (non-hydrogen) atoms. The Bertz CT molecular complexity index is 1420. The van der Waals surface area contributed by atoms with E-state index >= 15 is 0 Å². The summed E-state index contributed by atoms with van der Waals surface area (Å²) < 4.78 is 13.2. The first-order valence-electron chi connectivity index (χ1n) is 13.7. The van der Waals surface area contributed by atoms with Crippen molar-refractivity contribution < 1.29 is 9.31 Å². The Balaban J connectivity index is 1.58. The van der Waals surface area contributed by atoms with Gasteiger partial charge < -0.3 is 14.2 Å². The van der Waals surface area contributed by atoms with Crippen molar-refractivity contribution in [3.05, 3.63) is 81.9 Å². The Labute approximate surface area is 222 Å². The van der Waals surface area contributed by atoms with E-state index in [4.69, 9.17) is 9.31 Å². The van der Waals surface area contributed by atoms with Crippen molar-refractivity contribution in [1.82, 2.24) is 0 Å². The van der Waals surface area contributed by atoms with Gasteiger partial charge in [0.1, 0.15) is 0 Å². The molecule has 190 valence electrons. The van der Waals surface area contributed by atoms with E-state index in [2.05, 4.69) is 123 Å². The quantitative estimate of drug-likeness (QED) is 0.332. The predicted molar refractivity (Wildman–Crippen MR) is 153 cm³/mol. The molecule has 4 heterocycles. The number of hydrogen-bond donors (Lipinski definition) is 0. The molecule has 0 saturated carbocycles. The number of para-hydroxylation sites is 2. The standard InChI is InChI=1S/C33H38BNO2/c1-29(2)20-13-11-15-22-26(20)35-27-21(29)14-12-16-23(27)31(5,6)25-18-19(17-24(28(25)35)30(22,3)4)34-36-32(7,8)33(9,10)37-34/h11-18H,1-10H3. The van der Waals surface area contributed by atoms with Crippen LogP contribution in [0.2, 0.25) is 0 Å². The summed E-state index contributed by atoms with van der Waals surface area (Å²) in [6.45, 7) is 22.9. The SMILES string of the molecule is CC1(C)c2cccc3c2N2c4c1cccc4C(C)(C)c1cc(B4OC(C)(C)C(C)(C)O4)cc(c12)C3(C)C. The molecule has 3 aromatic rings. The molecule has 0 N–H and O–H groups in total. The smallest absolute Gasteiger partial charge is 0.399 e. The zero-order valence-electron chi connectivity index (χ0n) is 24.0. The Kier molecular flexibility index (Phi) is 4.15. The van der Waals surface area contributed by atoms with E-state index in [1.807, 2.05) is 0 Å². The average molecular weight is 491 g/mol. The average Bonchev–Trinajstić information content (AvgIpc) is 3.04. The van der Waals surface area contributed by atoms with Gasteiger partial charge in [0.25, 0.3) is 0 Å². The van der Waals surface area contributed by atoms with Crippen LogP contribution in [0.25, 0.3) is 0 Å². The van der Waals surface area contributed by atoms with Gasteiger partial charge in [-0.1, -0.05) is 90.1 Å². The summed E-state index contributed by atoms with van der Waals surface area (Å²) in [4.78, 5) is 2.61. The monoisotopic (exact) mass is 491 g/mol. The molecule has 0 unspecified atom stereocenters. The molecular formula is C33H38BNO2. The number of rotatable bonds is 1. The number of hydrogen-bond acceptors (Lipinski definition) is 3. The van der Waals surface area contributed by atoms with Crippen LogP contribution < -0.4 is 10.4 Å². The molecule has 0 spiro atoms. The molecule has 0 atom stereocenters. The Hall–Kier alpha value is -2.56. The fourth-order valence-electron chi connectivity index (χ4n) is 7.32. The summed E-state index contributed by atoms with van der Waals surface area (Å²) in [5.74, 6) is 0. The number of anilines is 3. The molecule has 3 nitrogen and oxygen atoms in total. The lowest BCUT2D eigenvalue weighted by Gasteiger charge is -2.55. The molecule has 1 fully saturated rings. The molecule has 4 aliphatic rings. The normalized spacial score (nSPS) is 23.6. The van der Waals surface area contributed by atoms with Gasteiger partial charge in [-0.15, -0.1) is 0 Å². The van der Waals surface area contributed by atoms with E-state index in [1.54, 1.807) is 0 Å². The van der Waals surface area contributed by atoms with Crippen molar-refractivity contribution in [2.75, 3.05) is 4.90 Å². The van der Waals surface area contributed by atoms with Crippen LogP contribution in [0, 0.1) is 0 Å². The number of benzene rings is 3. The fraction of sp³-hybridized carbons (Fsp3) is 0.455. The summed E-state index contributed by atoms with van der Waals surface area (Å²) in [5.41, 5.74) is 12.4. The van der Waals surface area contributed by atoms with Gasteiger partial charge in [-0.05, 0) is 66.5 Å². The zero-order valence-corrected chi connectivity index (χ0v) is 24.0. The van der Waals surface area contributed by atoms with Gasteiger partial charge in [-0.25, -0.2) is 0 Å². The van der Waals surface area contributed by atoms with E-state index in [9.17, 15) is 0 Å². The lowest BCUT2D eigenvalue weighted by molar-refractivity contribution is 0.00578. The summed E-state index contributed by atoms with van der Waals surface area (Å²) in [6.07, 6.45) is 0. The van der Waals surface area contributed by atoms with Crippen molar-refractivity contribution in [2.45, 2.75) is 96.7 Å². The molecule has 3 aromatic carbocycles. The molecular weight excluding hydrogens is 453 g/mol.